The molecular formula is C26H36IN3O3. The highest BCUT2D eigenvalue weighted by molar-refractivity contribution is 14.1. The molecule has 0 N–H and O–H groups in total. The van der Waals surface area contributed by atoms with Gasteiger partial charge in [0, 0.05) is 21.2 Å². The van der Waals surface area contributed by atoms with Crippen LogP contribution in [-0.4, -0.2) is 67.2 Å². The van der Waals surface area contributed by atoms with Gasteiger partial charge in [-0.3, -0.25) is 4.79 Å². The third kappa shape index (κ3) is 5.62. The van der Waals surface area contributed by atoms with Crippen LogP contribution in [0.15, 0.2) is 29.2 Å². The van der Waals surface area contributed by atoms with Crippen LogP contribution < -0.4 is 5.43 Å². The number of carbonyl (C=O) groups excluding carboxylic acids is 1. The number of likely N-dealkylation sites (tertiary alicyclic amines) is 2. The lowest BCUT2D eigenvalue weighted by molar-refractivity contribution is 0.0523. The zero-order valence-electron chi connectivity index (χ0n) is 20.1. The summed E-state index contributed by atoms with van der Waals surface area (Å²) in [5, 5.41) is 0.619. The highest BCUT2D eigenvalue weighted by atomic mass is 127. The maximum atomic E-state index is 13.3. The number of esters is 1. The molecule has 2 saturated heterocycles. The zero-order valence-corrected chi connectivity index (χ0v) is 22.2. The Morgan fingerprint density at radius 2 is 1.73 bits per heavy atom. The maximum absolute atomic E-state index is 13.3. The second kappa shape index (κ2) is 10.9. The lowest BCUT2D eigenvalue weighted by atomic mass is 9.81. The summed E-state index contributed by atoms with van der Waals surface area (Å²) < 4.78 is 8.55. The second-order valence-corrected chi connectivity index (χ2v) is 11.1. The van der Waals surface area contributed by atoms with E-state index in [1.165, 1.54) is 12.8 Å². The van der Waals surface area contributed by atoms with Gasteiger partial charge >= 0.3 is 5.97 Å². The SMILES string of the molecule is CCOC(=O)c1cn(C(CC2CCN(C)CC2)C2CCN(C)CC2)c2ccc(I)cc2c1=O. The quantitative estimate of drug-likeness (QED) is 0.384. The van der Waals surface area contributed by atoms with E-state index < -0.39 is 5.97 Å². The van der Waals surface area contributed by atoms with Crippen molar-refractivity contribution < 1.29 is 9.53 Å². The molecule has 33 heavy (non-hydrogen) atoms. The maximum Gasteiger partial charge on any atom is 0.343 e. The minimum absolute atomic E-state index is 0.160. The number of hydrogen-bond donors (Lipinski definition) is 0. The van der Waals surface area contributed by atoms with Crippen LogP contribution in [0.4, 0.5) is 0 Å². The van der Waals surface area contributed by atoms with Gasteiger partial charge in [0.25, 0.3) is 0 Å². The standard InChI is InChI=1S/C26H36IN3O3/c1-4-33-26(32)22-17-30(23-6-5-20(27)16-21(23)25(22)31)24(19-9-13-29(3)14-10-19)15-18-7-11-28(2)12-8-18/h5-6,16-19,24H,4,7-15H2,1-3H3. The van der Waals surface area contributed by atoms with E-state index in [0.717, 1.165) is 54.5 Å². The Morgan fingerprint density at radius 1 is 1.09 bits per heavy atom. The molecular weight excluding hydrogens is 529 g/mol. The summed E-state index contributed by atoms with van der Waals surface area (Å²) in [5.74, 6) is 0.675. The monoisotopic (exact) mass is 565 g/mol. The van der Waals surface area contributed by atoms with Gasteiger partial charge in [0.05, 0.1) is 12.1 Å². The molecule has 4 rings (SSSR count). The van der Waals surface area contributed by atoms with Gasteiger partial charge in [0.2, 0.25) is 5.43 Å². The largest absolute Gasteiger partial charge is 0.462 e. The molecule has 1 aromatic heterocycles. The van der Waals surface area contributed by atoms with E-state index in [9.17, 15) is 9.59 Å². The molecule has 6 nitrogen and oxygen atoms in total. The number of halogens is 1. The van der Waals surface area contributed by atoms with Crippen LogP contribution in [0.5, 0.6) is 0 Å². The third-order valence-electron chi connectivity index (χ3n) is 7.57. The fourth-order valence-electron chi connectivity index (χ4n) is 5.54. The van der Waals surface area contributed by atoms with Gasteiger partial charge < -0.3 is 19.1 Å². The van der Waals surface area contributed by atoms with E-state index in [0.29, 0.717) is 17.2 Å². The number of piperidine rings is 2. The van der Waals surface area contributed by atoms with Gasteiger partial charge in [-0.05, 0) is 132 Å². The fraction of sp³-hybridized carbons (Fsp3) is 0.615. The van der Waals surface area contributed by atoms with Crippen molar-refractivity contribution >= 4 is 39.5 Å². The molecule has 0 spiro atoms. The Hall–Kier alpha value is -1.45. The Morgan fingerprint density at radius 3 is 2.36 bits per heavy atom. The van der Waals surface area contributed by atoms with Crippen LogP contribution in [0.25, 0.3) is 10.9 Å². The highest BCUT2D eigenvalue weighted by Gasteiger charge is 2.31. The Bertz CT molecular complexity index is 1040. The Kier molecular flexibility index (Phi) is 8.12. The molecule has 1 unspecified atom stereocenters. The third-order valence-corrected chi connectivity index (χ3v) is 8.24. The zero-order chi connectivity index (χ0) is 23.5. The number of hydrogen-bond acceptors (Lipinski definition) is 5. The highest BCUT2D eigenvalue weighted by Crippen LogP contribution is 2.38. The molecule has 3 heterocycles. The van der Waals surface area contributed by atoms with Crippen molar-refractivity contribution in [2.24, 2.45) is 11.8 Å². The van der Waals surface area contributed by atoms with Crippen LogP contribution >= 0.6 is 22.6 Å². The number of ether oxygens (including phenoxy) is 1. The van der Waals surface area contributed by atoms with Gasteiger partial charge in [-0.1, -0.05) is 0 Å². The summed E-state index contributed by atoms with van der Waals surface area (Å²) in [5.41, 5.74) is 0.873. The lowest BCUT2D eigenvalue weighted by Crippen LogP contribution is -2.37. The van der Waals surface area contributed by atoms with Crippen LogP contribution in [0, 0.1) is 15.4 Å². The van der Waals surface area contributed by atoms with Crippen LogP contribution in [-0.2, 0) is 4.74 Å². The predicted molar refractivity (Wildman–Crippen MR) is 141 cm³/mol. The summed E-state index contributed by atoms with van der Waals surface area (Å²) in [4.78, 5) is 30.9. The van der Waals surface area contributed by atoms with Crippen molar-refractivity contribution in [3.8, 4) is 0 Å². The summed E-state index contributed by atoms with van der Waals surface area (Å²) in [6, 6.07) is 6.30. The molecule has 2 aromatic rings. The van der Waals surface area contributed by atoms with Crippen LogP contribution in [0.2, 0.25) is 0 Å². The first-order valence-electron chi connectivity index (χ1n) is 12.3. The molecule has 0 saturated carbocycles. The Balaban J connectivity index is 1.81. The molecule has 2 fully saturated rings. The van der Waals surface area contributed by atoms with Crippen molar-refractivity contribution in [2.45, 2.75) is 45.1 Å². The van der Waals surface area contributed by atoms with E-state index in [1.54, 1.807) is 6.92 Å². The summed E-state index contributed by atoms with van der Waals surface area (Å²) in [7, 11) is 4.39. The molecule has 180 valence electrons. The van der Waals surface area contributed by atoms with E-state index in [4.69, 9.17) is 4.74 Å². The minimum atomic E-state index is -0.515. The van der Waals surface area contributed by atoms with Gasteiger partial charge in [0.1, 0.15) is 5.56 Å². The van der Waals surface area contributed by atoms with Crippen molar-refractivity contribution in [3.05, 3.63) is 43.8 Å². The van der Waals surface area contributed by atoms with Gasteiger partial charge in [0.15, 0.2) is 0 Å². The first-order chi connectivity index (χ1) is 15.9. The average Bonchev–Trinajstić information content (AvgIpc) is 2.80. The molecule has 0 aliphatic carbocycles. The normalized spacial score (nSPS) is 20.2. The number of aromatic nitrogens is 1. The molecule has 2 aliphatic heterocycles. The summed E-state index contributed by atoms with van der Waals surface area (Å²) >= 11 is 2.24. The molecule has 1 aromatic carbocycles. The van der Waals surface area contributed by atoms with Crippen molar-refractivity contribution in [3.63, 3.8) is 0 Å². The number of benzene rings is 1. The van der Waals surface area contributed by atoms with Gasteiger partial charge in [-0.15, -0.1) is 0 Å². The number of carbonyl (C=O) groups is 1. The smallest absolute Gasteiger partial charge is 0.343 e. The van der Waals surface area contributed by atoms with E-state index in [-0.39, 0.29) is 23.6 Å². The first kappa shape index (κ1) is 24.7. The van der Waals surface area contributed by atoms with Gasteiger partial charge in [-0.2, -0.15) is 0 Å². The van der Waals surface area contributed by atoms with E-state index in [2.05, 4.69) is 63.2 Å². The fourth-order valence-corrected chi connectivity index (χ4v) is 6.03. The van der Waals surface area contributed by atoms with Crippen LogP contribution in [0.3, 0.4) is 0 Å². The molecule has 0 bridgehead atoms. The minimum Gasteiger partial charge on any atom is -0.462 e. The predicted octanol–water partition coefficient (Wildman–Crippen LogP) is 4.40. The van der Waals surface area contributed by atoms with E-state index >= 15 is 0 Å². The molecule has 1 atom stereocenters. The number of fused-ring (bicyclic) bond motifs is 1. The van der Waals surface area contributed by atoms with Gasteiger partial charge in [-0.25, -0.2) is 4.79 Å². The summed E-state index contributed by atoms with van der Waals surface area (Å²) in [6.07, 6.45) is 7.60. The first-order valence-corrected chi connectivity index (χ1v) is 13.3. The number of nitrogens with zero attached hydrogens (tertiary/aromatic N) is 3. The molecule has 7 heteroatoms. The van der Waals surface area contributed by atoms with E-state index in [1.807, 2.05) is 12.3 Å². The average molecular weight is 565 g/mol. The van der Waals surface area contributed by atoms with Crippen molar-refractivity contribution in [2.75, 3.05) is 46.9 Å². The second-order valence-electron chi connectivity index (χ2n) is 9.85. The lowest BCUT2D eigenvalue weighted by Gasteiger charge is -2.39. The summed E-state index contributed by atoms with van der Waals surface area (Å²) in [6.45, 7) is 6.51. The van der Waals surface area contributed by atoms with Crippen molar-refractivity contribution in [1.82, 2.24) is 14.4 Å². The molecule has 0 amide bonds. The Labute approximate surface area is 210 Å². The van der Waals surface area contributed by atoms with Crippen LogP contribution in [0.1, 0.15) is 55.4 Å². The number of rotatable bonds is 6. The molecule has 2 aliphatic rings. The molecule has 0 radical (unpaired) electrons. The van der Waals surface area contributed by atoms with Crippen molar-refractivity contribution in [1.29, 1.82) is 0 Å². The number of pyridine rings is 1. The topological polar surface area (TPSA) is 54.8 Å².